The molecule has 3 heterocycles. The minimum atomic E-state index is 0.0769. The molecule has 2 aliphatic rings. The lowest BCUT2D eigenvalue weighted by atomic mass is 9.81. The first kappa shape index (κ1) is 23.5. The lowest BCUT2D eigenvalue weighted by Gasteiger charge is -2.28. The van der Waals surface area contributed by atoms with Crippen LogP contribution in [-0.4, -0.2) is 44.5 Å². The fraction of sp³-hybridized carbons (Fsp3) is 0.345. The molecule has 8 heteroatoms. The number of aromatic nitrogens is 3. The van der Waals surface area contributed by atoms with Gasteiger partial charge >= 0.3 is 0 Å². The van der Waals surface area contributed by atoms with Gasteiger partial charge in [0.05, 0.1) is 5.69 Å². The van der Waals surface area contributed by atoms with Crippen LogP contribution in [0.25, 0.3) is 5.65 Å². The molecule has 1 aliphatic carbocycles. The highest BCUT2D eigenvalue weighted by Crippen LogP contribution is 2.41. The van der Waals surface area contributed by atoms with Crippen molar-refractivity contribution in [3.8, 4) is 0 Å². The first-order valence-corrected chi connectivity index (χ1v) is 13.2. The third-order valence-corrected chi connectivity index (χ3v) is 7.93. The van der Waals surface area contributed by atoms with E-state index in [2.05, 4.69) is 39.7 Å². The average molecular weight is 496 g/mol. The van der Waals surface area contributed by atoms with Crippen LogP contribution in [0.5, 0.6) is 0 Å². The van der Waals surface area contributed by atoms with Gasteiger partial charge < -0.3 is 21.7 Å². The molecule has 1 unspecified atom stereocenters. The SMILES string of the molecule is Nc1nn2ccnc2c(Nc2ccc(C(=O)N3CCC(c4ccccc4)C3)cc2)c1[C@H]1CC[C@H](N)CC1. The van der Waals surface area contributed by atoms with Gasteiger partial charge in [-0.05, 0) is 67.9 Å². The van der Waals surface area contributed by atoms with Crippen molar-refractivity contribution in [3.63, 3.8) is 0 Å². The van der Waals surface area contributed by atoms with E-state index in [1.807, 2.05) is 35.2 Å². The monoisotopic (exact) mass is 495 g/mol. The molecule has 2 aromatic carbocycles. The van der Waals surface area contributed by atoms with E-state index in [0.717, 1.165) is 67.8 Å². The fourth-order valence-corrected chi connectivity index (χ4v) is 5.88. The number of carbonyl (C=O) groups excluding carboxylic acids is 1. The van der Waals surface area contributed by atoms with Crippen LogP contribution in [0.4, 0.5) is 17.2 Å². The molecule has 1 atom stereocenters. The van der Waals surface area contributed by atoms with E-state index in [4.69, 9.17) is 11.5 Å². The summed E-state index contributed by atoms with van der Waals surface area (Å²) in [4.78, 5) is 19.7. The summed E-state index contributed by atoms with van der Waals surface area (Å²) in [6, 6.07) is 18.4. The number of imidazole rings is 1. The lowest BCUT2D eigenvalue weighted by molar-refractivity contribution is 0.0791. The number of carbonyl (C=O) groups is 1. The summed E-state index contributed by atoms with van der Waals surface area (Å²) >= 11 is 0. The quantitative estimate of drug-likeness (QED) is 0.371. The molecular weight excluding hydrogens is 462 g/mol. The number of amides is 1. The minimum Gasteiger partial charge on any atom is -0.382 e. The van der Waals surface area contributed by atoms with Gasteiger partial charge in [0, 0.05) is 54.3 Å². The van der Waals surface area contributed by atoms with Crippen molar-refractivity contribution in [2.24, 2.45) is 5.73 Å². The van der Waals surface area contributed by atoms with Gasteiger partial charge in [0.15, 0.2) is 5.65 Å². The number of hydrogen-bond acceptors (Lipinski definition) is 6. The summed E-state index contributed by atoms with van der Waals surface area (Å²) in [7, 11) is 0. The Morgan fingerprint density at radius 3 is 2.46 bits per heavy atom. The van der Waals surface area contributed by atoms with E-state index < -0.39 is 0 Å². The van der Waals surface area contributed by atoms with Crippen LogP contribution in [0.2, 0.25) is 0 Å². The summed E-state index contributed by atoms with van der Waals surface area (Å²) in [6.45, 7) is 1.53. The molecule has 5 N–H and O–H groups in total. The van der Waals surface area contributed by atoms with Crippen molar-refractivity contribution < 1.29 is 4.79 Å². The second-order valence-corrected chi connectivity index (χ2v) is 10.3. The van der Waals surface area contributed by atoms with Crippen LogP contribution in [0, 0.1) is 0 Å². The Bertz CT molecular complexity index is 1390. The predicted molar refractivity (Wildman–Crippen MR) is 146 cm³/mol. The molecule has 190 valence electrons. The molecule has 0 spiro atoms. The highest BCUT2D eigenvalue weighted by atomic mass is 16.2. The van der Waals surface area contributed by atoms with Crippen molar-refractivity contribution in [3.05, 3.63) is 83.7 Å². The lowest BCUT2D eigenvalue weighted by Crippen LogP contribution is -2.28. The van der Waals surface area contributed by atoms with E-state index >= 15 is 0 Å². The molecule has 1 amide bonds. The summed E-state index contributed by atoms with van der Waals surface area (Å²) in [5.41, 5.74) is 18.1. The molecule has 0 radical (unpaired) electrons. The van der Waals surface area contributed by atoms with Gasteiger partial charge in [-0.2, -0.15) is 0 Å². The molecule has 4 aromatic rings. The Morgan fingerprint density at radius 1 is 0.946 bits per heavy atom. The zero-order valence-corrected chi connectivity index (χ0v) is 20.9. The normalized spacial score (nSPS) is 21.9. The molecule has 2 aromatic heterocycles. The van der Waals surface area contributed by atoms with Crippen molar-refractivity contribution >= 4 is 28.7 Å². The fourth-order valence-electron chi connectivity index (χ4n) is 5.88. The number of nitrogens with two attached hydrogens (primary N) is 2. The van der Waals surface area contributed by atoms with Gasteiger partial charge in [-0.1, -0.05) is 30.3 Å². The zero-order chi connectivity index (χ0) is 25.4. The predicted octanol–water partition coefficient (Wildman–Crippen LogP) is 4.67. The molecule has 8 nitrogen and oxygen atoms in total. The smallest absolute Gasteiger partial charge is 0.253 e. The van der Waals surface area contributed by atoms with Crippen molar-refractivity contribution in [1.29, 1.82) is 0 Å². The standard InChI is InChI=1S/C29H33N7O/c30-23-10-6-20(7-11-23)25-26(28-32-15-17-36(28)34-27(25)31)33-24-12-8-21(9-13-24)29(37)35-16-14-22(18-35)19-4-2-1-3-5-19/h1-5,8-9,12-13,15,17,20,22-23,33H,6-7,10-11,14,16,18,30H2,(H2,31,34)/t20-,22?,23-. The van der Waals surface area contributed by atoms with E-state index in [1.54, 1.807) is 16.9 Å². The number of nitrogens with zero attached hydrogens (tertiary/aromatic N) is 4. The van der Waals surface area contributed by atoms with E-state index in [0.29, 0.717) is 17.3 Å². The average Bonchev–Trinajstić information content (AvgIpc) is 3.60. The number of anilines is 3. The topological polar surface area (TPSA) is 115 Å². The maximum absolute atomic E-state index is 13.2. The number of likely N-dealkylation sites (tertiary alicyclic amines) is 1. The van der Waals surface area contributed by atoms with Gasteiger partial charge in [-0.25, -0.2) is 9.50 Å². The van der Waals surface area contributed by atoms with Gasteiger partial charge in [0.2, 0.25) is 0 Å². The third kappa shape index (κ3) is 4.64. The summed E-state index contributed by atoms with van der Waals surface area (Å²) in [6.07, 6.45) is 8.43. The first-order chi connectivity index (χ1) is 18.1. The van der Waals surface area contributed by atoms with Gasteiger partial charge in [0.1, 0.15) is 5.82 Å². The largest absolute Gasteiger partial charge is 0.382 e. The molecule has 1 saturated heterocycles. The second kappa shape index (κ2) is 9.86. The van der Waals surface area contributed by atoms with Crippen LogP contribution in [0.3, 0.4) is 0 Å². The Hall–Kier alpha value is -3.91. The van der Waals surface area contributed by atoms with E-state index in [1.165, 1.54) is 5.56 Å². The van der Waals surface area contributed by atoms with Crippen LogP contribution in [0.1, 0.15) is 65.4 Å². The van der Waals surface area contributed by atoms with E-state index in [-0.39, 0.29) is 17.9 Å². The number of nitrogen functional groups attached to an aromatic ring is 1. The number of benzene rings is 2. The Kier molecular flexibility index (Phi) is 6.26. The van der Waals surface area contributed by atoms with Gasteiger partial charge in [-0.3, -0.25) is 4.79 Å². The van der Waals surface area contributed by atoms with Gasteiger partial charge in [-0.15, -0.1) is 5.10 Å². The number of hydrogen-bond donors (Lipinski definition) is 3. The highest BCUT2D eigenvalue weighted by Gasteiger charge is 2.29. The maximum Gasteiger partial charge on any atom is 0.253 e. The van der Waals surface area contributed by atoms with Gasteiger partial charge in [0.25, 0.3) is 5.91 Å². The Labute approximate surface area is 216 Å². The van der Waals surface area contributed by atoms with E-state index in [9.17, 15) is 4.79 Å². The van der Waals surface area contributed by atoms with Crippen LogP contribution in [-0.2, 0) is 0 Å². The van der Waals surface area contributed by atoms with Crippen molar-refractivity contribution in [1.82, 2.24) is 19.5 Å². The minimum absolute atomic E-state index is 0.0769. The number of nitrogens with one attached hydrogen (secondary N) is 1. The molecule has 6 rings (SSSR count). The third-order valence-electron chi connectivity index (χ3n) is 7.93. The summed E-state index contributed by atoms with van der Waals surface area (Å²) in [5.74, 6) is 1.27. The molecule has 37 heavy (non-hydrogen) atoms. The number of fused-ring (bicyclic) bond motifs is 1. The highest BCUT2D eigenvalue weighted by molar-refractivity contribution is 5.95. The van der Waals surface area contributed by atoms with Crippen LogP contribution < -0.4 is 16.8 Å². The molecule has 2 fully saturated rings. The van der Waals surface area contributed by atoms with Crippen LogP contribution in [0.15, 0.2) is 67.0 Å². The Balaban J connectivity index is 1.22. The van der Waals surface area contributed by atoms with Crippen molar-refractivity contribution in [2.75, 3.05) is 24.1 Å². The Morgan fingerprint density at radius 2 is 1.70 bits per heavy atom. The summed E-state index contributed by atoms with van der Waals surface area (Å²) < 4.78 is 1.71. The molecule has 1 saturated carbocycles. The van der Waals surface area contributed by atoms with Crippen LogP contribution >= 0.6 is 0 Å². The zero-order valence-electron chi connectivity index (χ0n) is 20.9. The number of rotatable bonds is 5. The molecular formula is C29H33N7O. The first-order valence-electron chi connectivity index (χ1n) is 13.2. The molecule has 1 aliphatic heterocycles. The molecule has 0 bridgehead atoms. The second-order valence-electron chi connectivity index (χ2n) is 10.3. The summed E-state index contributed by atoms with van der Waals surface area (Å²) in [5, 5.41) is 8.11. The maximum atomic E-state index is 13.2. The van der Waals surface area contributed by atoms with Crippen molar-refractivity contribution in [2.45, 2.75) is 50.0 Å².